The number of hydrogen-bond acceptors (Lipinski definition) is 5. The molecule has 3 aromatic rings. The first kappa shape index (κ1) is 21.8. The highest BCUT2D eigenvalue weighted by atomic mass is 35.5. The van der Waals surface area contributed by atoms with Gasteiger partial charge in [-0.1, -0.05) is 11.6 Å². The Morgan fingerprint density at radius 2 is 1.84 bits per heavy atom. The van der Waals surface area contributed by atoms with Crippen molar-refractivity contribution in [2.75, 3.05) is 18.6 Å². The number of methoxy groups -OCH3 is 1. The van der Waals surface area contributed by atoms with E-state index in [9.17, 15) is 17.6 Å². The van der Waals surface area contributed by atoms with Crippen LogP contribution in [0.5, 0.6) is 0 Å². The monoisotopic (exact) mass is 457 g/mol. The lowest BCUT2D eigenvalue weighted by molar-refractivity contribution is 0.102. The largest absolute Gasteiger partial charge is 0.382 e. The molecule has 1 N–H and O–H groups in total. The number of rotatable bonds is 6. The van der Waals surface area contributed by atoms with Gasteiger partial charge in [-0.15, -0.1) is 0 Å². The number of nitrogens with one attached hydrogen (secondary N) is 1. The molecule has 1 aromatic carbocycles. The number of anilines is 1. The number of benzene rings is 1. The summed E-state index contributed by atoms with van der Waals surface area (Å²) in [5, 5.41) is 1.56. The third kappa shape index (κ3) is 4.18. The van der Waals surface area contributed by atoms with Gasteiger partial charge in [-0.3, -0.25) is 0 Å². The molecule has 0 saturated carbocycles. The second-order valence-electron chi connectivity index (χ2n) is 7.40. The van der Waals surface area contributed by atoms with E-state index in [1.807, 2.05) is 19.1 Å². The quantitative estimate of drug-likeness (QED) is 0.501. The number of aromatic nitrogens is 4. The van der Waals surface area contributed by atoms with Crippen LogP contribution in [0, 0.1) is 0 Å². The van der Waals surface area contributed by atoms with E-state index in [1.165, 1.54) is 0 Å². The lowest BCUT2D eigenvalue weighted by Gasteiger charge is -2.37. The Morgan fingerprint density at radius 3 is 2.45 bits per heavy atom. The topological polar surface area (TPSA) is 66.9 Å². The van der Waals surface area contributed by atoms with Crippen molar-refractivity contribution in [3.05, 3.63) is 46.1 Å². The molecule has 0 unspecified atom stereocenters. The maximum absolute atomic E-state index is 13.3. The van der Waals surface area contributed by atoms with Crippen molar-refractivity contribution in [2.45, 2.75) is 44.8 Å². The highest BCUT2D eigenvalue weighted by Gasteiger charge is 2.34. The van der Waals surface area contributed by atoms with Crippen LogP contribution in [0.4, 0.5) is 23.5 Å². The number of fused-ring (bicyclic) bond motifs is 3. The van der Waals surface area contributed by atoms with Gasteiger partial charge in [0, 0.05) is 35.3 Å². The number of H-pyrrole nitrogens is 1. The molecule has 166 valence electrons. The van der Waals surface area contributed by atoms with Gasteiger partial charge in [0.2, 0.25) is 17.6 Å². The number of ether oxygens (including phenoxy) is 1. The van der Waals surface area contributed by atoms with Gasteiger partial charge in [-0.05, 0) is 43.5 Å². The van der Waals surface area contributed by atoms with Gasteiger partial charge in [0.25, 0.3) is 12.9 Å². The first-order chi connectivity index (χ1) is 14.8. The molecule has 31 heavy (non-hydrogen) atoms. The van der Waals surface area contributed by atoms with E-state index >= 15 is 0 Å². The molecule has 0 amide bonds. The Labute approximate surface area is 180 Å². The van der Waals surface area contributed by atoms with Crippen LogP contribution in [-0.2, 0) is 11.2 Å². The molecule has 0 aliphatic carbocycles. The molecule has 2 atom stereocenters. The zero-order valence-corrected chi connectivity index (χ0v) is 17.5. The van der Waals surface area contributed by atoms with Crippen LogP contribution in [0.1, 0.15) is 55.1 Å². The van der Waals surface area contributed by atoms with Crippen LogP contribution in [0.3, 0.4) is 0 Å². The molecule has 3 heterocycles. The predicted octanol–water partition coefficient (Wildman–Crippen LogP) is 5.41. The van der Waals surface area contributed by atoms with E-state index in [-0.39, 0.29) is 12.1 Å². The molecule has 11 heteroatoms. The second kappa shape index (κ2) is 8.58. The van der Waals surface area contributed by atoms with Gasteiger partial charge in [0.15, 0.2) is 0 Å². The van der Waals surface area contributed by atoms with Crippen molar-refractivity contribution in [3.63, 3.8) is 0 Å². The molecule has 1 aliphatic rings. The van der Waals surface area contributed by atoms with E-state index in [2.05, 4.69) is 19.9 Å². The van der Waals surface area contributed by atoms with Crippen LogP contribution < -0.4 is 4.90 Å². The van der Waals surface area contributed by atoms with E-state index in [4.69, 9.17) is 16.3 Å². The maximum atomic E-state index is 13.3. The number of halogens is 5. The first-order valence-corrected chi connectivity index (χ1v) is 10.1. The third-order valence-corrected chi connectivity index (χ3v) is 5.71. The Kier molecular flexibility index (Phi) is 6.02. The minimum absolute atomic E-state index is 0.195. The van der Waals surface area contributed by atoms with Crippen molar-refractivity contribution >= 4 is 28.5 Å². The smallest absolute Gasteiger partial charge is 0.297 e. The zero-order chi connectivity index (χ0) is 22.3. The number of nitrogens with zero attached hydrogens (tertiary/aromatic N) is 4. The Morgan fingerprint density at radius 1 is 1.16 bits per heavy atom. The first-order valence-electron chi connectivity index (χ1n) is 9.70. The summed E-state index contributed by atoms with van der Waals surface area (Å²) >= 11 is 6.17. The van der Waals surface area contributed by atoms with Crippen molar-refractivity contribution in [1.82, 2.24) is 19.9 Å². The average Bonchev–Trinajstić information content (AvgIpc) is 3.11. The fourth-order valence-corrected chi connectivity index (χ4v) is 4.13. The third-order valence-electron chi connectivity index (χ3n) is 5.48. The molecule has 0 bridgehead atoms. The molecule has 4 rings (SSSR count). The lowest BCUT2D eigenvalue weighted by atomic mass is 9.94. The van der Waals surface area contributed by atoms with Gasteiger partial charge < -0.3 is 14.6 Å². The molecule has 0 spiro atoms. The maximum Gasteiger partial charge on any atom is 0.297 e. The summed E-state index contributed by atoms with van der Waals surface area (Å²) in [6.45, 7) is 2.22. The Balaban J connectivity index is 1.84. The molecular formula is C20H20ClF4N5O. The normalized spacial score (nSPS) is 17.6. The van der Waals surface area contributed by atoms with Crippen molar-refractivity contribution < 1.29 is 22.3 Å². The zero-order valence-electron chi connectivity index (χ0n) is 16.7. The molecule has 0 radical (unpaired) electrons. The standard InChI is InChI=1S/C20H20ClF4N5O/c1-9(31-2)7-14-15-11(12-8-10(21)3-4-13(12)26-15)5-6-30(14)20-28-18(16(22)23)27-19(29-20)17(24)25/h3-4,8-9,14,16-17,26H,5-7H2,1-2H3/t9-,14+/m1/s1. The highest BCUT2D eigenvalue weighted by Crippen LogP contribution is 2.40. The molecule has 0 saturated heterocycles. The Bertz CT molecular complexity index is 1070. The summed E-state index contributed by atoms with van der Waals surface area (Å²) < 4.78 is 58.5. The van der Waals surface area contributed by atoms with Gasteiger partial charge in [0.05, 0.1) is 12.1 Å². The van der Waals surface area contributed by atoms with Crippen LogP contribution >= 0.6 is 11.6 Å². The van der Waals surface area contributed by atoms with E-state index in [0.29, 0.717) is 24.4 Å². The summed E-state index contributed by atoms with van der Waals surface area (Å²) in [6.07, 6.45) is -5.38. The molecule has 2 aromatic heterocycles. The average molecular weight is 458 g/mol. The Hall–Kier alpha value is -2.46. The van der Waals surface area contributed by atoms with Crippen molar-refractivity contribution in [3.8, 4) is 0 Å². The van der Waals surface area contributed by atoms with Gasteiger partial charge in [0.1, 0.15) is 0 Å². The second-order valence-corrected chi connectivity index (χ2v) is 7.84. The van der Waals surface area contributed by atoms with Gasteiger partial charge >= 0.3 is 0 Å². The summed E-state index contributed by atoms with van der Waals surface area (Å²) in [6, 6.07) is 5.10. The summed E-state index contributed by atoms with van der Waals surface area (Å²) in [4.78, 5) is 15.9. The molecule has 6 nitrogen and oxygen atoms in total. The minimum Gasteiger partial charge on any atom is -0.382 e. The predicted molar refractivity (Wildman–Crippen MR) is 108 cm³/mol. The summed E-state index contributed by atoms with van der Waals surface area (Å²) in [5.74, 6) is -2.13. The van der Waals surface area contributed by atoms with Crippen LogP contribution in [0.25, 0.3) is 10.9 Å². The SMILES string of the molecule is CO[C@H](C)C[C@H]1c2[nH]c3ccc(Cl)cc3c2CCN1c1nc(C(F)F)nc(C(F)F)n1. The fourth-order valence-electron chi connectivity index (χ4n) is 3.95. The number of alkyl halides is 4. The minimum atomic E-state index is -3.09. The summed E-state index contributed by atoms with van der Waals surface area (Å²) in [7, 11) is 1.57. The van der Waals surface area contributed by atoms with E-state index in [1.54, 1.807) is 18.1 Å². The number of aromatic amines is 1. The van der Waals surface area contributed by atoms with E-state index < -0.39 is 30.5 Å². The summed E-state index contributed by atoms with van der Waals surface area (Å²) in [5.41, 5.74) is 2.76. The molecule has 1 aliphatic heterocycles. The van der Waals surface area contributed by atoms with Crippen LogP contribution in [0.15, 0.2) is 18.2 Å². The lowest BCUT2D eigenvalue weighted by Crippen LogP contribution is -2.38. The van der Waals surface area contributed by atoms with Crippen molar-refractivity contribution in [1.29, 1.82) is 0 Å². The van der Waals surface area contributed by atoms with Gasteiger partial charge in [-0.25, -0.2) is 22.5 Å². The molecular weight excluding hydrogens is 438 g/mol. The van der Waals surface area contributed by atoms with Crippen LogP contribution in [-0.4, -0.2) is 39.7 Å². The van der Waals surface area contributed by atoms with E-state index in [0.717, 1.165) is 22.2 Å². The van der Waals surface area contributed by atoms with Gasteiger partial charge in [-0.2, -0.15) is 9.97 Å². The highest BCUT2D eigenvalue weighted by molar-refractivity contribution is 6.31. The number of hydrogen-bond donors (Lipinski definition) is 1. The van der Waals surface area contributed by atoms with Crippen LogP contribution in [0.2, 0.25) is 5.02 Å². The van der Waals surface area contributed by atoms with Crippen molar-refractivity contribution in [2.24, 2.45) is 0 Å². The fraction of sp³-hybridized carbons (Fsp3) is 0.450. The molecule has 0 fully saturated rings.